The minimum absolute atomic E-state index is 0.268. The van der Waals surface area contributed by atoms with Gasteiger partial charge in [-0.3, -0.25) is 9.69 Å². The number of carbonyl (C=O) groups is 1. The largest absolute Gasteiger partial charge is 0.351 e. The van der Waals surface area contributed by atoms with E-state index < -0.39 is 11.9 Å². The van der Waals surface area contributed by atoms with Crippen molar-refractivity contribution in [1.29, 1.82) is 0 Å². The molecule has 4 nitrogen and oxygen atoms in total. The Morgan fingerprint density at radius 1 is 1.11 bits per heavy atom. The molecule has 0 fully saturated rings. The summed E-state index contributed by atoms with van der Waals surface area (Å²) in [5.41, 5.74) is 2.21. The third-order valence-corrected chi connectivity index (χ3v) is 5.05. The van der Waals surface area contributed by atoms with E-state index in [1.807, 2.05) is 0 Å². The second-order valence-electron chi connectivity index (χ2n) is 6.87. The molecule has 0 spiro atoms. The first-order valence-corrected chi connectivity index (χ1v) is 9.16. The lowest BCUT2D eigenvalue weighted by atomic mass is 9.93. The summed E-state index contributed by atoms with van der Waals surface area (Å²) < 4.78 is 28.6. The third-order valence-electron chi connectivity index (χ3n) is 4.75. The fourth-order valence-corrected chi connectivity index (χ4v) is 3.60. The Balaban J connectivity index is 2.20. The Hall–Kier alpha value is -2.80. The van der Waals surface area contributed by atoms with Gasteiger partial charge in [0.05, 0.1) is 17.3 Å². The molecule has 146 valence electrons. The molecule has 1 heterocycles. The van der Waals surface area contributed by atoms with Gasteiger partial charge in [-0.1, -0.05) is 24.3 Å². The van der Waals surface area contributed by atoms with Gasteiger partial charge < -0.3 is 10.2 Å². The van der Waals surface area contributed by atoms with Gasteiger partial charge in [-0.2, -0.15) is 0 Å². The van der Waals surface area contributed by atoms with Crippen LogP contribution in [-0.4, -0.2) is 30.0 Å². The number of halogens is 2. The van der Waals surface area contributed by atoms with Crippen LogP contribution in [0.15, 0.2) is 53.7 Å². The number of nitrogens with zero attached hydrogens (tertiary/aromatic N) is 2. The van der Waals surface area contributed by atoms with Crippen molar-refractivity contribution in [3.63, 3.8) is 0 Å². The van der Waals surface area contributed by atoms with Crippen LogP contribution >= 0.6 is 12.2 Å². The topological polar surface area (TPSA) is 35.6 Å². The predicted molar refractivity (Wildman–Crippen MR) is 110 cm³/mol. The molecule has 1 aliphatic heterocycles. The molecular formula is C21H21F2N3OS. The monoisotopic (exact) mass is 401 g/mol. The Bertz CT molecular complexity index is 987. The number of aryl methyl sites for hydroxylation is 1. The van der Waals surface area contributed by atoms with E-state index in [0.29, 0.717) is 28.1 Å². The fourth-order valence-electron chi connectivity index (χ4n) is 3.24. The van der Waals surface area contributed by atoms with Gasteiger partial charge in [0.1, 0.15) is 11.6 Å². The molecule has 0 aromatic heterocycles. The molecule has 0 aliphatic carbocycles. The third kappa shape index (κ3) is 3.49. The van der Waals surface area contributed by atoms with Crippen molar-refractivity contribution in [1.82, 2.24) is 10.2 Å². The van der Waals surface area contributed by atoms with Crippen molar-refractivity contribution >= 4 is 28.9 Å². The van der Waals surface area contributed by atoms with Gasteiger partial charge in [-0.05, 0) is 49.8 Å². The van der Waals surface area contributed by atoms with Crippen LogP contribution < -0.4 is 10.2 Å². The SMILES string of the molecule is CC1=C(C(=O)N(C)C)C(c2ccccc2F)NC(=S)N1c1ccc(C)c(F)c1. The molecule has 1 unspecified atom stereocenters. The van der Waals surface area contributed by atoms with Gasteiger partial charge in [0.15, 0.2) is 5.11 Å². The van der Waals surface area contributed by atoms with Crippen LogP contribution in [0.25, 0.3) is 0 Å². The van der Waals surface area contributed by atoms with E-state index in [2.05, 4.69) is 5.32 Å². The average Bonchev–Trinajstić information content (AvgIpc) is 2.64. The molecule has 28 heavy (non-hydrogen) atoms. The number of anilines is 1. The van der Waals surface area contributed by atoms with Gasteiger partial charge in [-0.15, -0.1) is 0 Å². The minimum Gasteiger partial charge on any atom is -0.351 e. The van der Waals surface area contributed by atoms with Crippen LogP contribution in [0.1, 0.15) is 24.1 Å². The van der Waals surface area contributed by atoms with Crippen molar-refractivity contribution in [2.24, 2.45) is 0 Å². The first kappa shape index (κ1) is 19.9. The van der Waals surface area contributed by atoms with Gasteiger partial charge in [0, 0.05) is 25.4 Å². The summed E-state index contributed by atoms with van der Waals surface area (Å²) in [5, 5.41) is 3.33. The molecule has 1 atom stereocenters. The summed E-state index contributed by atoms with van der Waals surface area (Å²) in [6.07, 6.45) is 0. The number of allylic oxidation sites excluding steroid dienone is 1. The number of hydrogen-bond acceptors (Lipinski definition) is 2. The molecule has 1 N–H and O–H groups in total. The summed E-state index contributed by atoms with van der Waals surface area (Å²) in [6.45, 7) is 3.40. The van der Waals surface area contributed by atoms with Crippen LogP contribution in [0.2, 0.25) is 0 Å². The Morgan fingerprint density at radius 3 is 2.39 bits per heavy atom. The quantitative estimate of drug-likeness (QED) is 0.787. The fraction of sp³-hybridized carbons (Fsp3) is 0.238. The number of nitrogens with one attached hydrogen (secondary N) is 1. The first-order valence-electron chi connectivity index (χ1n) is 8.76. The van der Waals surface area contributed by atoms with Crippen LogP contribution in [0.3, 0.4) is 0 Å². The summed E-state index contributed by atoms with van der Waals surface area (Å²) in [5.74, 6) is -1.09. The smallest absolute Gasteiger partial charge is 0.253 e. The second kappa shape index (κ2) is 7.67. The van der Waals surface area contributed by atoms with Gasteiger partial charge in [-0.25, -0.2) is 8.78 Å². The van der Waals surface area contributed by atoms with Crippen molar-refractivity contribution in [3.05, 3.63) is 76.5 Å². The van der Waals surface area contributed by atoms with E-state index in [-0.39, 0.29) is 16.8 Å². The van der Waals surface area contributed by atoms with Crippen LogP contribution in [-0.2, 0) is 4.79 Å². The van der Waals surface area contributed by atoms with Crippen LogP contribution in [0.4, 0.5) is 14.5 Å². The van der Waals surface area contributed by atoms with Crippen molar-refractivity contribution in [3.8, 4) is 0 Å². The number of benzene rings is 2. The normalized spacial score (nSPS) is 16.9. The van der Waals surface area contributed by atoms with Crippen LogP contribution in [0, 0.1) is 18.6 Å². The van der Waals surface area contributed by atoms with E-state index in [0.717, 1.165) is 0 Å². The highest BCUT2D eigenvalue weighted by molar-refractivity contribution is 7.80. The minimum atomic E-state index is -0.741. The Labute approximate surface area is 168 Å². The zero-order valence-corrected chi connectivity index (χ0v) is 16.9. The first-order chi connectivity index (χ1) is 13.2. The number of rotatable bonds is 3. The predicted octanol–water partition coefficient (Wildman–Crippen LogP) is 4.07. The standard InChI is InChI=1S/C21H21F2N3OS/c1-12-9-10-14(11-17(12)23)26-13(2)18(20(27)25(3)4)19(24-21(26)28)15-7-5-6-8-16(15)22/h5-11,19H,1-4H3,(H,24,28). The lowest BCUT2D eigenvalue weighted by Gasteiger charge is -2.38. The molecule has 3 rings (SSSR count). The Kier molecular flexibility index (Phi) is 5.47. The average molecular weight is 401 g/mol. The highest BCUT2D eigenvalue weighted by atomic mass is 32.1. The summed E-state index contributed by atoms with van der Waals surface area (Å²) >= 11 is 5.50. The molecule has 2 aromatic rings. The molecule has 1 amide bonds. The maximum absolute atomic E-state index is 14.5. The Morgan fingerprint density at radius 2 is 1.79 bits per heavy atom. The summed E-state index contributed by atoms with van der Waals surface area (Å²) in [7, 11) is 3.26. The second-order valence-corrected chi connectivity index (χ2v) is 7.26. The van der Waals surface area contributed by atoms with Gasteiger partial charge in [0.2, 0.25) is 0 Å². The van der Waals surface area contributed by atoms with E-state index in [4.69, 9.17) is 12.2 Å². The maximum Gasteiger partial charge on any atom is 0.253 e. The van der Waals surface area contributed by atoms with E-state index in [1.54, 1.807) is 63.2 Å². The summed E-state index contributed by atoms with van der Waals surface area (Å²) in [4.78, 5) is 16.0. The molecule has 0 saturated heterocycles. The van der Waals surface area contributed by atoms with Crippen molar-refractivity contribution < 1.29 is 13.6 Å². The lowest BCUT2D eigenvalue weighted by molar-refractivity contribution is -0.125. The molecular weight excluding hydrogens is 380 g/mol. The van der Waals surface area contributed by atoms with Crippen molar-refractivity contribution in [2.45, 2.75) is 19.9 Å². The van der Waals surface area contributed by atoms with Crippen LogP contribution in [0.5, 0.6) is 0 Å². The van der Waals surface area contributed by atoms with Gasteiger partial charge in [0.25, 0.3) is 5.91 Å². The highest BCUT2D eigenvalue weighted by Crippen LogP contribution is 2.35. The zero-order valence-electron chi connectivity index (χ0n) is 16.1. The molecule has 2 aromatic carbocycles. The molecule has 0 radical (unpaired) electrons. The number of carbonyl (C=O) groups excluding carboxylic acids is 1. The number of likely N-dealkylation sites (N-methyl/N-ethyl adjacent to an activating group) is 1. The zero-order chi connectivity index (χ0) is 20.6. The number of thiocarbonyl (C=S) groups is 1. The van der Waals surface area contributed by atoms with E-state index in [9.17, 15) is 13.6 Å². The number of hydrogen-bond donors (Lipinski definition) is 1. The molecule has 0 bridgehead atoms. The molecule has 1 aliphatic rings. The van der Waals surface area contributed by atoms with E-state index in [1.165, 1.54) is 17.0 Å². The maximum atomic E-state index is 14.5. The molecule has 7 heteroatoms. The summed E-state index contributed by atoms with van der Waals surface area (Å²) in [6, 6.07) is 10.3. The van der Waals surface area contributed by atoms with Gasteiger partial charge >= 0.3 is 0 Å². The highest BCUT2D eigenvalue weighted by Gasteiger charge is 2.36. The number of amides is 1. The lowest BCUT2D eigenvalue weighted by Crippen LogP contribution is -2.49. The van der Waals surface area contributed by atoms with Crippen molar-refractivity contribution in [2.75, 3.05) is 19.0 Å². The molecule has 0 saturated carbocycles. The van der Waals surface area contributed by atoms with E-state index >= 15 is 0 Å².